The van der Waals surface area contributed by atoms with Crippen LogP contribution in [0.15, 0.2) is 0 Å². The summed E-state index contributed by atoms with van der Waals surface area (Å²) in [7, 11) is 0. The Bertz CT molecular complexity index is 1500. The molecular weight excluding hydrogens is 704 g/mol. The number of aliphatic hydroxyl groups excluding tert-OH is 7. The molecule has 14 heteroatoms. The fourth-order valence-corrected chi connectivity index (χ4v) is 15.2. The van der Waals surface area contributed by atoms with Crippen molar-refractivity contribution in [2.24, 2.45) is 50.7 Å². The molecule has 5 saturated carbocycles. The number of hydrogen-bond donors (Lipinski definition) is 8. The van der Waals surface area contributed by atoms with E-state index < -0.39 is 90.4 Å². The first-order valence-corrected chi connectivity index (χ1v) is 20.5. The van der Waals surface area contributed by atoms with Gasteiger partial charge in [0.1, 0.15) is 48.8 Å². The van der Waals surface area contributed by atoms with Gasteiger partial charge in [-0.25, -0.2) is 0 Å². The molecule has 9 fully saturated rings. The van der Waals surface area contributed by atoms with Crippen molar-refractivity contribution in [3.8, 4) is 0 Å². The maximum atomic E-state index is 12.4. The predicted octanol–water partition coefficient (Wildman–Crippen LogP) is 0.556. The van der Waals surface area contributed by atoms with Crippen molar-refractivity contribution in [2.45, 2.75) is 185 Å². The second kappa shape index (κ2) is 12.0. The van der Waals surface area contributed by atoms with E-state index in [2.05, 4.69) is 34.6 Å². The van der Waals surface area contributed by atoms with Crippen LogP contribution >= 0.6 is 0 Å². The minimum Gasteiger partial charge on any atom is -0.393 e. The van der Waals surface area contributed by atoms with Gasteiger partial charge in [0, 0.05) is 0 Å². The summed E-state index contributed by atoms with van der Waals surface area (Å²) < 4.78 is 37.0. The molecule has 0 radical (unpaired) electrons. The Morgan fingerprint density at radius 3 is 2.06 bits per heavy atom. The van der Waals surface area contributed by atoms with Crippen molar-refractivity contribution in [1.82, 2.24) is 0 Å². The Labute approximate surface area is 317 Å². The first-order valence-electron chi connectivity index (χ1n) is 20.5. The summed E-state index contributed by atoms with van der Waals surface area (Å²) in [6.07, 6.45) is -7.97. The molecule has 308 valence electrons. The van der Waals surface area contributed by atoms with E-state index in [0.717, 1.165) is 32.1 Å². The van der Waals surface area contributed by atoms with E-state index >= 15 is 0 Å². The Morgan fingerprint density at radius 1 is 0.685 bits per heavy atom. The third-order valence-corrected chi connectivity index (χ3v) is 17.8. The molecule has 0 bridgehead atoms. The van der Waals surface area contributed by atoms with Crippen LogP contribution in [0.3, 0.4) is 0 Å². The van der Waals surface area contributed by atoms with Gasteiger partial charge < -0.3 is 69.3 Å². The Morgan fingerprint density at radius 2 is 1.35 bits per heavy atom. The topological polar surface area (TPSA) is 217 Å². The summed E-state index contributed by atoms with van der Waals surface area (Å²) in [5.74, 6) is -1.50. The van der Waals surface area contributed by atoms with Crippen molar-refractivity contribution in [3.05, 3.63) is 0 Å². The van der Waals surface area contributed by atoms with Gasteiger partial charge in [-0.3, -0.25) is 0 Å². The Balaban J connectivity index is 0.959. The van der Waals surface area contributed by atoms with Crippen molar-refractivity contribution in [3.63, 3.8) is 0 Å². The van der Waals surface area contributed by atoms with E-state index in [1.54, 1.807) is 0 Å². The van der Waals surface area contributed by atoms with Crippen LogP contribution in [-0.4, -0.2) is 145 Å². The maximum Gasteiger partial charge on any atom is 0.222 e. The third-order valence-electron chi connectivity index (χ3n) is 17.8. The van der Waals surface area contributed by atoms with Crippen molar-refractivity contribution < 1.29 is 69.3 Å². The van der Waals surface area contributed by atoms with Crippen LogP contribution in [0.2, 0.25) is 0 Å². The highest BCUT2D eigenvalue weighted by Gasteiger charge is 2.85. The van der Waals surface area contributed by atoms with E-state index in [-0.39, 0.29) is 64.6 Å². The van der Waals surface area contributed by atoms with Crippen LogP contribution < -0.4 is 0 Å². The van der Waals surface area contributed by atoms with Crippen LogP contribution in [0.25, 0.3) is 0 Å². The summed E-state index contributed by atoms with van der Waals surface area (Å²) in [5.41, 5.74) is -1.79. The van der Waals surface area contributed by atoms with Gasteiger partial charge in [-0.1, -0.05) is 34.6 Å². The molecule has 9 aliphatic rings. The lowest BCUT2D eigenvalue weighted by atomic mass is 9.41. The summed E-state index contributed by atoms with van der Waals surface area (Å²) in [5, 5.41) is 87.8. The van der Waals surface area contributed by atoms with Crippen LogP contribution in [-0.2, 0) is 28.4 Å². The fraction of sp³-hybridized carbons (Fsp3) is 1.00. The first kappa shape index (κ1) is 38.9. The van der Waals surface area contributed by atoms with Crippen molar-refractivity contribution >= 4 is 0 Å². The van der Waals surface area contributed by atoms with Crippen molar-refractivity contribution in [2.75, 3.05) is 13.2 Å². The third kappa shape index (κ3) is 4.78. The van der Waals surface area contributed by atoms with E-state index in [0.29, 0.717) is 12.8 Å². The highest BCUT2D eigenvalue weighted by molar-refractivity contribution is 5.33. The lowest BCUT2D eigenvalue weighted by Crippen LogP contribution is -2.64. The van der Waals surface area contributed by atoms with Gasteiger partial charge in [0.05, 0.1) is 37.1 Å². The van der Waals surface area contributed by atoms with E-state index in [1.165, 1.54) is 0 Å². The summed E-state index contributed by atoms with van der Waals surface area (Å²) in [6.45, 7) is 14.4. The van der Waals surface area contributed by atoms with Gasteiger partial charge in [-0.05, 0) is 110 Å². The maximum absolute atomic E-state index is 12.4. The SMILES string of the molecule is CC1C2OC(C)(C)C(O)C2(O)OC2CC3(C)C4CC(O)C5C(C)(C)C(OC6OCC(O)C(O)C6OC6OCC(O)C(O)C6O)CCC56CC46CCC3(C)C21. The largest absolute Gasteiger partial charge is 0.393 e. The Hall–Kier alpha value is -0.560. The molecule has 0 amide bonds. The van der Waals surface area contributed by atoms with Gasteiger partial charge in [-0.15, -0.1) is 0 Å². The number of ether oxygens (including phenoxy) is 6. The molecule has 8 N–H and O–H groups in total. The number of hydrogen-bond acceptors (Lipinski definition) is 14. The van der Waals surface area contributed by atoms with Gasteiger partial charge in [-0.2, -0.15) is 0 Å². The smallest absolute Gasteiger partial charge is 0.222 e. The normalized spacial score (nSPS) is 62.4. The molecule has 9 rings (SSSR count). The minimum atomic E-state index is -1.77. The summed E-state index contributed by atoms with van der Waals surface area (Å²) >= 11 is 0. The lowest BCUT2D eigenvalue weighted by Gasteiger charge is -2.64. The number of fused-ring (bicyclic) bond motifs is 5. The lowest BCUT2D eigenvalue weighted by molar-refractivity contribution is -0.356. The zero-order chi connectivity index (χ0) is 38.9. The molecule has 4 heterocycles. The average Bonchev–Trinajstić information content (AvgIpc) is 3.62. The average molecular weight is 769 g/mol. The molecule has 0 aromatic rings. The van der Waals surface area contributed by atoms with Crippen LogP contribution in [0.5, 0.6) is 0 Å². The predicted molar refractivity (Wildman–Crippen MR) is 187 cm³/mol. The zero-order valence-corrected chi connectivity index (χ0v) is 32.7. The van der Waals surface area contributed by atoms with Crippen LogP contribution in [0, 0.1) is 50.7 Å². The monoisotopic (exact) mass is 768 g/mol. The van der Waals surface area contributed by atoms with E-state index in [4.69, 9.17) is 28.4 Å². The molecule has 4 saturated heterocycles. The van der Waals surface area contributed by atoms with E-state index in [1.807, 2.05) is 13.8 Å². The minimum absolute atomic E-state index is 0.0361. The van der Waals surface area contributed by atoms with Crippen molar-refractivity contribution in [1.29, 1.82) is 0 Å². The second-order valence-electron chi connectivity index (χ2n) is 20.8. The fourth-order valence-electron chi connectivity index (χ4n) is 15.2. The second-order valence-corrected chi connectivity index (χ2v) is 20.8. The molecule has 5 aliphatic carbocycles. The van der Waals surface area contributed by atoms with Gasteiger partial charge in [0.25, 0.3) is 0 Å². The molecule has 0 aromatic heterocycles. The van der Waals surface area contributed by atoms with Crippen LogP contribution in [0.1, 0.15) is 93.4 Å². The molecule has 2 spiro atoms. The molecule has 22 unspecified atom stereocenters. The zero-order valence-electron chi connectivity index (χ0n) is 32.7. The molecule has 0 aromatic carbocycles. The number of aliphatic hydroxyl groups is 8. The van der Waals surface area contributed by atoms with Gasteiger partial charge in [0.2, 0.25) is 5.79 Å². The summed E-state index contributed by atoms with van der Waals surface area (Å²) in [6, 6.07) is 0. The molecule has 4 aliphatic heterocycles. The Kier molecular flexibility index (Phi) is 8.67. The molecule has 22 atom stereocenters. The highest BCUT2D eigenvalue weighted by Crippen LogP contribution is 2.89. The first-order chi connectivity index (χ1) is 25.1. The van der Waals surface area contributed by atoms with Gasteiger partial charge in [0.15, 0.2) is 12.6 Å². The molecule has 14 nitrogen and oxygen atoms in total. The standard InChI is InChI=1S/C40H64O14/c1-17-24-21(53-40(48)30(17)54-35(4,5)33(40)47)13-37(7)22-12-18(41)29-34(2,3)23(8-9-39(29)16-38(22,39)11-10-36(24,37)6)51-32-28(26(45)20(43)15-50-32)52-31-27(46)25(44)19(42)14-49-31/h17-33,41-48H,8-16H2,1-7H3. The summed E-state index contributed by atoms with van der Waals surface area (Å²) in [4.78, 5) is 0. The quantitative estimate of drug-likeness (QED) is 0.184. The number of rotatable bonds is 4. The van der Waals surface area contributed by atoms with Gasteiger partial charge >= 0.3 is 0 Å². The van der Waals surface area contributed by atoms with Crippen LogP contribution in [0.4, 0.5) is 0 Å². The van der Waals surface area contributed by atoms with E-state index in [9.17, 15) is 40.9 Å². The molecule has 54 heavy (non-hydrogen) atoms. The molecular formula is C40H64O14. The highest BCUT2D eigenvalue weighted by atomic mass is 16.8.